The van der Waals surface area contributed by atoms with E-state index in [1.165, 1.54) is 4.90 Å². The van der Waals surface area contributed by atoms with E-state index in [-0.39, 0.29) is 19.5 Å². The van der Waals surface area contributed by atoms with E-state index in [1.54, 1.807) is 20.8 Å². The zero-order valence-electron chi connectivity index (χ0n) is 13.8. The van der Waals surface area contributed by atoms with Gasteiger partial charge in [0.25, 0.3) is 0 Å². The summed E-state index contributed by atoms with van der Waals surface area (Å²) in [5.41, 5.74) is -1.62. The summed E-state index contributed by atoms with van der Waals surface area (Å²) < 4.78 is 10.3. The van der Waals surface area contributed by atoms with Gasteiger partial charge in [0.2, 0.25) is 0 Å². The lowest BCUT2D eigenvalue weighted by Crippen LogP contribution is -2.72. The molecule has 0 radical (unpaired) electrons. The second-order valence-corrected chi connectivity index (χ2v) is 7.35. The van der Waals surface area contributed by atoms with Crippen LogP contribution in [-0.2, 0) is 14.3 Å². The molecule has 1 saturated heterocycles. The number of rotatable bonds is 5. The van der Waals surface area contributed by atoms with Crippen molar-refractivity contribution in [1.82, 2.24) is 10.2 Å². The number of alkyl carbamates (subject to hydrolysis) is 1. The Bertz CT molecular complexity index is 489. The van der Waals surface area contributed by atoms with Gasteiger partial charge in [-0.05, 0) is 39.5 Å². The van der Waals surface area contributed by atoms with Gasteiger partial charge in [-0.3, -0.25) is 4.79 Å². The second kappa shape index (κ2) is 6.25. The van der Waals surface area contributed by atoms with Gasteiger partial charge in [-0.15, -0.1) is 0 Å². The lowest BCUT2D eigenvalue weighted by Gasteiger charge is -2.49. The van der Waals surface area contributed by atoms with Gasteiger partial charge in [-0.1, -0.05) is 0 Å². The fraction of sp³-hybridized carbons (Fsp3) is 0.800. The summed E-state index contributed by atoms with van der Waals surface area (Å²) in [7, 11) is 0. The number of carbonyl (C=O) groups excluding carboxylic acids is 2. The van der Waals surface area contributed by atoms with Gasteiger partial charge >= 0.3 is 18.2 Å². The SMILES string of the molecule is CC(C)(C)OC(=O)N1CC(CC(=O)O)(NC(=O)OCC2CC2)C1. The monoisotopic (exact) mass is 328 g/mol. The zero-order chi connectivity index (χ0) is 17.3. The van der Waals surface area contributed by atoms with E-state index in [1.807, 2.05) is 0 Å². The maximum absolute atomic E-state index is 11.9. The quantitative estimate of drug-likeness (QED) is 0.794. The topological polar surface area (TPSA) is 105 Å². The number of carbonyl (C=O) groups is 3. The van der Waals surface area contributed by atoms with Crippen LogP contribution in [0.4, 0.5) is 9.59 Å². The normalized spacial score (nSPS) is 19.5. The molecule has 0 unspecified atom stereocenters. The van der Waals surface area contributed by atoms with E-state index in [0.29, 0.717) is 12.5 Å². The van der Waals surface area contributed by atoms with Gasteiger partial charge in [0.1, 0.15) is 5.60 Å². The Morgan fingerprint density at radius 1 is 1.26 bits per heavy atom. The van der Waals surface area contributed by atoms with Crippen molar-refractivity contribution in [3.8, 4) is 0 Å². The Morgan fingerprint density at radius 3 is 2.35 bits per heavy atom. The highest BCUT2D eigenvalue weighted by Crippen LogP contribution is 2.30. The summed E-state index contributed by atoms with van der Waals surface area (Å²) in [5.74, 6) is -0.618. The fourth-order valence-corrected chi connectivity index (χ4v) is 2.40. The minimum absolute atomic E-state index is 0.0900. The minimum atomic E-state index is -1.05. The Kier molecular flexibility index (Phi) is 4.72. The smallest absolute Gasteiger partial charge is 0.410 e. The van der Waals surface area contributed by atoms with Crippen molar-refractivity contribution in [2.24, 2.45) is 5.92 Å². The largest absolute Gasteiger partial charge is 0.481 e. The predicted molar refractivity (Wildman–Crippen MR) is 80.0 cm³/mol. The van der Waals surface area contributed by atoms with Crippen molar-refractivity contribution in [3.05, 3.63) is 0 Å². The summed E-state index contributed by atoms with van der Waals surface area (Å²) in [6.07, 6.45) is 0.679. The Labute approximate surface area is 135 Å². The molecule has 130 valence electrons. The molecule has 8 heteroatoms. The number of nitrogens with one attached hydrogen (secondary N) is 1. The van der Waals surface area contributed by atoms with Crippen molar-refractivity contribution >= 4 is 18.2 Å². The molecule has 2 N–H and O–H groups in total. The van der Waals surface area contributed by atoms with E-state index in [0.717, 1.165) is 12.8 Å². The van der Waals surface area contributed by atoms with Crippen molar-refractivity contribution < 1.29 is 29.0 Å². The number of ether oxygens (including phenoxy) is 2. The van der Waals surface area contributed by atoms with Gasteiger partial charge in [0, 0.05) is 13.1 Å². The number of nitrogens with zero attached hydrogens (tertiary/aromatic N) is 1. The number of carboxylic acid groups (broad SMARTS) is 1. The molecule has 8 nitrogen and oxygen atoms in total. The minimum Gasteiger partial charge on any atom is -0.481 e. The highest BCUT2D eigenvalue weighted by atomic mass is 16.6. The molecule has 1 heterocycles. The Hall–Kier alpha value is -1.99. The number of carboxylic acids is 1. The molecule has 0 aromatic carbocycles. The van der Waals surface area contributed by atoms with Gasteiger partial charge in [-0.25, -0.2) is 9.59 Å². The molecule has 1 aliphatic heterocycles. The van der Waals surface area contributed by atoms with E-state index in [2.05, 4.69) is 5.32 Å². The predicted octanol–water partition coefficient (Wildman–Crippen LogP) is 1.59. The van der Waals surface area contributed by atoms with E-state index < -0.39 is 29.3 Å². The molecule has 2 amide bonds. The van der Waals surface area contributed by atoms with E-state index in [4.69, 9.17) is 14.6 Å². The van der Waals surface area contributed by atoms with Crippen molar-refractivity contribution in [1.29, 1.82) is 0 Å². The average molecular weight is 328 g/mol. The summed E-state index contributed by atoms with van der Waals surface area (Å²) in [6.45, 7) is 5.79. The van der Waals surface area contributed by atoms with Crippen LogP contribution in [0.25, 0.3) is 0 Å². The number of likely N-dealkylation sites (tertiary alicyclic amines) is 1. The summed E-state index contributed by atoms with van der Waals surface area (Å²) >= 11 is 0. The van der Waals surface area contributed by atoms with Crippen LogP contribution in [0.15, 0.2) is 0 Å². The standard InChI is InChI=1S/C15H24N2O6/c1-14(2,3)23-13(21)17-8-15(9-17,6-11(18)19)16-12(20)22-7-10-4-5-10/h10H,4-9H2,1-3H3,(H,16,20)(H,18,19). The zero-order valence-corrected chi connectivity index (χ0v) is 13.8. The molecular formula is C15H24N2O6. The Morgan fingerprint density at radius 2 is 1.87 bits per heavy atom. The van der Waals surface area contributed by atoms with Gasteiger partial charge in [0.05, 0.1) is 18.6 Å². The van der Waals surface area contributed by atoms with Crippen LogP contribution in [-0.4, -0.2) is 59.0 Å². The third kappa shape index (κ3) is 5.30. The van der Waals surface area contributed by atoms with Gasteiger partial charge < -0.3 is 24.8 Å². The molecule has 2 aliphatic rings. The third-order valence-electron chi connectivity index (χ3n) is 3.64. The summed E-state index contributed by atoms with van der Waals surface area (Å²) in [5, 5.41) is 11.6. The molecule has 0 bridgehead atoms. The van der Waals surface area contributed by atoms with Crippen molar-refractivity contribution in [3.63, 3.8) is 0 Å². The lowest BCUT2D eigenvalue weighted by molar-refractivity contribution is -0.140. The molecule has 2 fully saturated rings. The molecule has 0 atom stereocenters. The van der Waals surface area contributed by atoms with Crippen LogP contribution >= 0.6 is 0 Å². The highest BCUT2D eigenvalue weighted by Gasteiger charge is 2.49. The highest BCUT2D eigenvalue weighted by molar-refractivity contribution is 5.76. The fourth-order valence-electron chi connectivity index (χ4n) is 2.40. The van der Waals surface area contributed by atoms with Gasteiger partial charge in [0.15, 0.2) is 0 Å². The molecule has 0 spiro atoms. The molecule has 1 aliphatic carbocycles. The van der Waals surface area contributed by atoms with Gasteiger partial charge in [-0.2, -0.15) is 0 Å². The number of hydrogen-bond donors (Lipinski definition) is 2. The lowest BCUT2D eigenvalue weighted by atomic mass is 9.86. The molecular weight excluding hydrogens is 304 g/mol. The van der Waals surface area contributed by atoms with E-state index >= 15 is 0 Å². The number of aliphatic carboxylic acids is 1. The maximum Gasteiger partial charge on any atom is 0.410 e. The molecule has 0 aromatic heterocycles. The number of hydrogen-bond acceptors (Lipinski definition) is 5. The Balaban J connectivity index is 1.87. The van der Waals surface area contributed by atoms with E-state index in [9.17, 15) is 14.4 Å². The van der Waals surface area contributed by atoms with Crippen LogP contribution in [0.2, 0.25) is 0 Å². The molecule has 1 saturated carbocycles. The molecule has 2 rings (SSSR count). The first kappa shape index (κ1) is 17.4. The van der Waals surface area contributed by atoms with Crippen LogP contribution in [0.1, 0.15) is 40.0 Å². The first-order chi connectivity index (χ1) is 10.6. The third-order valence-corrected chi connectivity index (χ3v) is 3.64. The average Bonchev–Trinajstić information content (AvgIpc) is 3.13. The van der Waals surface area contributed by atoms with Crippen LogP contribution in [0, 0.1) is 5.92 Å². The van der Waals surface area contributed by atoms with Crippen LogP contribution in [0.3, 0.4) is 0 Å². The van der Waals surface area contributed by atoms with Crippen molar-refractivity contribution in [2.45, 2.75) is 51.2 Å². The summed E-state index contributed by atoms with van der Waals surface area (Å²) in [6, 6.07) is 0. The molecule has 23 heavy (non-hydrogen) atoms. The summed E-state index contributed by atoms with van der Waals surface area (Å²) in [4.78, 5) is 36.2. The van der Waals surface area contributed by atoms with Crippen molar-refractivity contribution in [2.75, 3.05) is 19.7 Å². The maximum atomic E-state index is 11.9. The first-order valence-electron chi connectivity index (χ1n) is 7.73. The molecule has 0 aromatic rings. The second-order valence-electron chi connectivity index (χ2n) is 7.35. The van der Waals surface area contributed by atoms with Crippen LogP contribution in [0.5, 0.6) is 0 Å². The number of amides is 2. The van der Waals surface area contributed by atoms with Crippen LogP contribution < -0.4 is 5.32 Å². The first-order valence-corrected chi connectivity index (χ1v) is 7.73.